The van der Waals surface area contributed by atoms with Crippen molar-refractivity contribution in [3.63, 3.8) is 0 Å². The molecule has 27 heavy (non-hydrogen) atoms. The van der Waals surface area contributed by atoms with Crippen molar-refractivity contribution in [1.82, 2.24) is 4.98 Å². The van der Waals surface area contributed by atoms with E-state index < -0.39 is 0 Å². The minimum Gasteiger partial charge on any atom is -0.436 e. The van der Waals surface area contributed by atoms with Crippen LogP contribution in [0.2, 0.25) is 0 Å². The molecule has 4 aromatic rings. The Hall–Kier alpha value is -3.72. The summed E-state index contributed by atoms with van der Waals surface area (Å²) in [6.07, 6.45) is 5.55. The number of Topliss-reactive ketones (excluding diaryl/α,β-unsaturated/α-hetero) is 1. The van der Waals surface area contributed by atoms with Gasteiger partial charge in [-0.15, -0.1) is 0 Å². The third kappa shape index (κ3) is 3.77. The van der Waals surface area contributed by atoms with E-state index in [0.29, 0.717) is 22.6 Å². The van der Waals surface area contributed by atoms with E-state index >= 15 is 0 Å². The Morgan fingerprint density at radius 2 is 1.48 bits per heavy atom. The van der Waals surface area contributed by atoms with Crippen LogP contribution in [0.1, 0.15) is 21.8 Å². The zero-order valence-corrected chi connectivity index (χ0v) is 14.6. The Morgan fingerprint density at radius 1 is 0.815 bits per heavy atom. The first-order chi connectivity index (χ1) is 13.3. The summed E-state index contributed by atoms with van der Waals surface area (Å²) in [5, 5.41) is 0. The van der Waals surface area contributed by atoms with Gasteiger partial charge in [-0.05, 0) is 23.8 Å². The summed E-state index contributed by atoms with van der Waals surface area (Å²) in [5.74, 6) is 0.197. The number of allylic oxidation sites excluding steroid dienone is 3. The van der Waals surface area contributed by atoms with E-state index in [1.54, 1.807) is 18.2 Å². The van der Waals surface area contributed by atoms with Crippen LogP contribution in [0.3, 0.4) is 0 Å². The lowest BCUT2D eigenvalue weighted by atomic mass is 10.0. The van der Waals surface area contributed by atoms with E-state index in [9.17, 15) is 4.79 Å². The third-order valence-electron chi connectivity index (χ3n) is 4.16. The van der Waals surface area contributed by atoms with Crippen molar-refractivity contribution in [2.45, 2.75) is 0 Å². The van der Waals surface area contributed by atoms with Crippen molar-refractivity contribution in [2.24, 2.45) is 0 Å². The fraction of sp³-hybridized carbons (Fsp3) is 0. The molecular weight excluding hydrogens is 334 g/mol. The number of hydrogen-bond acceptors (Lipinski definition) is 3. The number of aromatic nitrogens is 1. The number of rotatable bonds is 5. The third-order valence-corrected chi connectivity index (χ3v) is 4.16. The zero-order valence-electron chi connectivity index (χ0n) is 14.6. The summed E-state index contributed by atoms with van der Waals surface area (Å²) in [6.45, 7) is 0. The topological polar surface area (TPSA) is 43.1 Å². The molecule has 3 aromatic carbocycles. The molecule has 0 aliphatic carbocycles. The molecular formula is C24H17NO2. The number of para-hydroxylation sites is 2. The highest BCUT2D eigenvalue weighted by molar-refractivity contribution is 6.28. The summed E-state index contributed by atoms with van der Waals surface area (Å²) < 4.78 is 5.84. The monoisotopic (exact) mass is 351 g/mol. The molecule has 3 nitrogen and oxygen atoms in total. The van der Waals surface area contributed by atoms with Crippen molar-refractivity contribution in [3.8, 4) is 0 Å². The number of hydrogen-bond donors (Lipinski definition) is 0. The highest BCUT2D eigenvalue weighted by Crippen LogP contribution is 2.24. The molecule has 0 bridgehead atoms. The van der Waals surface area contributed by atoms with E-state index in [1.165, 1.54) is 0 Å². The van der Waals surface area contributed by atoms with Gasteiger partial charge in [0.05, 0.1) is 5.57 Å². The fourth-order valence-electron chi connectivity index (χ4n) is 2.80. The average molecular weight is 351 g/mol. The molecule has 0 fully saturated rings. The number of oxazole rings is 1. The van der Waals surface area contributed by atoms with Crippen LogP contribution < -0.4 is 0 Å². The van der Waals surface area contributed by atoms with Crippen molar-refractivity contribution in [2.75, 3.05) is 0 Å². The maximum absolute atomic E-state index is 13.1. The van der Waals surface area contributed by atoms with Crippen LogP contribution >= 0.6 is 0 Å². The molecule has 1 aromatic heterocycles. The van der Waals surface area contributed by atoms with Crippen LogP contribution in [0.15, 0.2) is 101 Å². The van der Waals surface area contributed by atoms with Crippen molar-refractivity contribution < 1.29 is 9.21 Å². The van der Waals surface area contributed by atoms with Gasteiger partial charge in [0.2, 0.25) is 5.89 Å². The number of fused-ring (bicyclic) bond motifs is 1. The Balaban J connectivity index is 1.76. The minimum absolute atomic E-state index is 0.125. The van der Waals surface area contributed by atoms with E-state index in [4.69, 9.17) is 4.42 Å². The molecule has 0 aliphatic rings. The van der Waals surface area contributed by atoms with Gasteiger partial charge in [0.1, 0.15) is 5.52 Å². The first kappa shape index (κ1) is 16.7. The molecule has 0 unspecified atom stereocenters. The standard InChI is InChI=1S/C24H17NO2/c26-23(19-13-5-2-6-14-19)20(15-9-12-18-10-3-1-4-11-18)24-25-21-16-7-8-17-22(21)27-24/h1-17H. The van der Waals surface area contributed by atoms with Gasteiger partial charge in [-0.1, -0.05) is 84.9 Å². The van der Waals surface area contributed by atoms with Crippen LogP contribution in [0.5, 0.6) is 0 Å². The fourth-order valence-corrected chi connectivity index (χ4v) is 2.80. The van der Waals surface area contributed by atoms with Crippen molar-refractivity contribution in [1.29, 1.82) is 0 Å². The number of benzene rings is 3. The SMILES string of the molecule is O=C(C(=CC=Cc1ccccc1)c1nc2ccccc2o1)c1ccccc1. The maximum atomic E-state index is 13.1. The van der Waals surface area contributed by atoms with Crippen LogP contribution in [0.25, 0.3) is 22.7 Å². The summed E-state index contributed by atoms with van der Waals surface area (Å²) in [5.41, 5.74) is 3.46. The number of carbonyl (C=O) groups is 1. The molecule has 0 N–H and O–H groups in total. The first-order valence-electron chi connectivity index (χ1n) is 8.70. The zero-order chi connectivity index (χ0) is 18.5. The predicted octanol–water partition coefficient (Wildman–Crippen LogP) is 5.81. The predicted molar refractivity (Wildman–Crippen MR) is 108 cm³/mol. The van der Waals surface area contributed by atoms with E-state index in [-0.39, 0.29) is 5.78 Å². The molecule has 0 spiro atoms. The molecule has 0 saturated heterocycles. The van der Waals surface area contributed by atoms with Crippen LogP contribution in [0.4, 0.5) is 0 Å². The number of ketones is 1. The summed E-state index contributed by atoms with van der Waals surface area (Å²) in [6, 6.07) is 26.6. The van der Waals surface area contributed by atoms with Gasteiger partial charge in [-0.2, -0.15) is 0 Å². The van der Waals surface area contributed by atoms with Gasteiger partial charge < -0.3 is 4.42 Å². The molecule has 0 radical (unpaired) electrons. The minimum atomic E-state index is -0.125. The smallest absolute Gasteiger partial charge is 0.231 e. The Kier molecular flexibility index (Phi) is 4.75. The Morgan fingerprint density at radius 3 is 2.22 bits per heavy atom. The lowest BCUT2D eigenvalue weighted by Crippen LogP contribution is -2.02. The van der Waals surface area contributed by atoms with Crippen LogP contribution in [0, 0.1) is 0 Å². The molecule has 130 valence electrons. The van der Waals surface area contributed by atoms with Crippen LogP contribution in [-0.2, 0) is 0 Å². The number of nitrogens with zero attached hydrogens (tertiary/aromatic N) is 1. The molecule has 0 amide bonds. The highest BCUT2D eigenvalue weighted by atomic mass is 16.3. The Bertz CT molecular complexity index is 1090. The van der Waals surface area contributed by atoms with Gasteiger partial charge in [0.25, 0.3) is 0 Å². The average Bonchev–Trinajstić information content (AvgIpc) is 3.16. The van der Waals surface area contributed by atoms with E-state index in [1.807, 2.05) is 84.9 Å². The second-order valence-electron chi connectivity index (χ2n) is 6.03. The molecule has 4 rings (SSSR count). The molecule has 0 aliphatic heterocycles. The van der Waals surface area contributed by atoms with Gasteiger partial charge in [-0.25, -0.2) is 4.98 Å². The highest BCUT2D eigenvalue weighted by Gasteiger charge is 2.19. The lowest BCUT2D eigenvalue weighted by Gasteiger charge is -2.02. The second kappa shape index (κ2) is 7.67. The quantitative estimate of drug-likeness (QED) is 0.259. The van der Waals surface area contributed by atoms with E-state index in [2.05, 4.69) is 4.98 Å². The summed E-state index contributed by atoms with van der Waals surface area (Å²) in [7, 11) is 0. The van der Waals surface area contributed by atoms with E-state index in [0.717, 1.165) is 11.1 Å². The molecule has 3 heteroatoms. The van der Waals surface area contributed by atoms with Crippen LogP contribution in [-0.4, -0.2) is 10.8 Å². The Labute approximate surface area is 157 Å². The summed E-state index contributed by atoms with van der Waals surface area (Å²) >= 11 is 0. The van der Waals surface area contributed by atoms with Crippen molar-refractivity contribution in [3.05, 3.63) is 114 Å². The van der Waals surface area contributed by atoms with Gasteiger partial charge >= 0.3 is 0 Å². The van der Waals surface area contributed by atoms with Gasteiger partial charge in [-0.3, -0.25) is 4.79 Å². The molecule has 0 atom stereocenters. The van der Waals surface area contributed by atoms with Gasteiger partial charge in [0.15, 0.2) is 11.4 Å². The largest absolute Gasteiger partial charge is 0.436 e. The molecule has 1 heterocycles. The van der Waals surface area contributed by atoms with Crippen molar-refractivity contribution >= 4 is 28.5 Å². The lowest BCUT2D eigenvalue weighted by molar-refractivity contribution is 0.105. The molecule has 0 saturated carbocycles. The van der Waals surface area contributed by atoms with Gasteiger partial charge in [0, 0.05) is 5.56 Å². The summed E-state index contributed by atoms with van der Waals surface area (Å²) in [4.78, 5) is 17.6. The number of carbonyl (C=O) groups excluding carboxylic acids is 1. The maximum Gasteiger partial charge on any atom is 0.231 e. The first-order valence-corrected chi connectivity index (χ1v) is 8.70. The normalized spacial score (nSPS) is 11.9. The second-order valence-corrected chi connectivity index (χ2v) is 6.03.